The fourth-order valence-electron chi connectivity index (χ4n) is 2.20. The van der Waals surface area contributed by atoms with Crippen molar-refractivity contribution in [3.05, 3.63) is 36.2 Å². The van der Waals surface area contributed by atoms with Crippen molar-refractivity contribution in [2.45, 2.75) is 39.3 Å². The topological polar surface area (TPSA) is 62.4 Å². The van der Waals surface area contributed by atoms with Crippen molar-refractivity contribution in [3.63, 3.8) is 0 Å². The highest BCUT2D eigenvalue weighted by Crippen LogP contribution is 2.15. The number of nitrogens with zero attached hydrogens (tertiary/aromatic N) is 3. The maximum Gasteiger partial charge on any atom is 0.228 e. The average Bonchev–Trinajstić information content (AvgIpc) is 2.92. The summed E-state index contributed by atoms with van der Waals surface area (Å²) in [6, 6.07) is 10.2. The third-order valence-electron chi connectivity index (χ3n) is 3.34. The van der Waals surface area contributed by atoms with Gasteiger partial charge in [0.2, 0.25) is 11.7 Å². The molecule has 1 unspecified atom stereocenters. The molecule has 5 nitrogen and oxygen atoms in total. The van der Waals surface area contributed by atoms with Gasteiger partial charge in [0.05, 0.1) is 6.10 Å². The third kappa shape index (κ3) is 4.65. The molecular weight excluding hydrogens is 266 g/mol. The molecule has 2 aromatic rings. The van der Waals surface area contributed by atoms with E-state index in [1.165, 1.54) is 0 Å². The van der Waals surface area contributed by atoms with Crippen LogP contribution in [0.5, 0.6) is 0 Å². The van der Waals surface area contributed by atoms with E-state index in [1.807, 2.05) is 30.3 Å². The quantitative estimate of drug-likeness (QED) is 0.848. The van der Waals surface area contributed by atoms with E-state index in [0.717, 1.165) is 12.1 Å². The second kappa shape index (κ2) is 7.33. The van der Waals surface area contributed by atoms with Crippen molar-refractivity contribution >= 4 is 0 Å². The minimum absolute atomic E-state index is 0.338. The highest BCUT2D eigenvalue weighted by atomic mass is 16.5. The summed E-state index contributed by atoms with van der Waals surface area (Å²) in [5, 5.41) is 13.5. The maximum absolute atomic E-state index is 9.53. The van der Waals surface area contributed by atoms with E-state index in [-0.39, 0.29) is 6.10 Å². The van der Waals surface area contributed by atoms with Gasteiger partial charge in [-0.15, -0.1) is 0 Å². The molecule has 0 aliphatic rings. The molecule has 0 spiro atoms. The van der Waals surface area contributed by atoms with Crippen LogP contribution in [0.2, 0.25) is 0 Å². The SMILES string of the molecule is CC(O)CN(CCc1nc(-c2ccccc2)no1)C(C)C. The summed E-state index contributed by atoms with van der Waals surface area (Å²) in [5.41, 5.74) is 0.956. The van der Waals surface area contributed by atoms with Crippen molar-refractivity contribution in [2.24, 2.45) is 0 Å². The van der Waals surface area contributed by atoms with E-state index in [9.17, 15) is 5.11 Å². The van der Waals surface area contributed by atoms with Crippen molar-refractivity contribution < 1.29 is 9.63 Å². The number of aromatic nitrogens is 2. The van der Waals surface area contributed by atoms with E-state index in [1.54, 1.807) is 6.92 Å². The van der Waals surface area contributed by atoms with Crippen molar-refractivity contribution in [1.82, 2.24) is 15.0 Å². The number of rotatable bonds is 7. The average molecular weight is 289 g/mol. The van der Waals surface area contributed by atoms with Crippen molar-refractivity contribution in [3.8, 4) is 11.4 Å². The van der Waals surface area contributed by atoms with Crippen LogP contribution in [0.3, 0.4) is 0 Å². The molecule has 21 heavy (non-hydrogen) atoms. The second-order valence-electron chi connectivity index (χ2n) is 5.57. The Hall–Kier alpha value is -1.72. The van der Waals surface area contributed by atoms with E-state index in [0.29, 0.717) is 30.7 Å². The summed E-state index contributed by atoms with van der Waals surface area (Å²) < 4.78 is 5.30. The molecule has 114 valence electrons. The summed E-state index contributed by atoms with van der Waals surface area (Å²) >= 11 is 0. The molecular formula is C16H23N3O2. The largest absolute Gasteiger partial charge is 0.392 e. The molecule has 1 heterocycles. The smallest absolute Gasteiger partial charge is 0.228 e. The molecule has 5 heteroatoms. The first kappa shape index (κ1) is 15.7. The van der Waals surface area contributed by atoms with Gasteiger partial charge in [-0.1, -0.05) is 35.5 Å². The first-order valence-electron chi connectivity index (χ1n) is 7.36. The molecule has 0 bridgehead atoms. The Morgan fingerprint density at radius 2 is 1.90 bits per heavy atom. The van der Waals surface area contributed by atoms with Gasteiger partial charge < -0.3 is 9.63 Å². The van der Waals surface area contributed by atoms with Gasteiger partial charge in [-0.3, -0.25) is 4.90 Å². The normalized spacial score (nSPS) is 13.0. The van der Waals surface area contributed by atoms with E-state index in [2.05, 4.69) is 28.9 Å². The zero-order valence-corrected chi connectivity index (χ0v) is 12.9. The number of hydrogen-bond acceptors (Lipinski definition) is 5. The van der Waals surface area contributed by atoms with Crippen LogP contribution >= 0.6 is 0 Å². The van der Waals surface area contributed by atoms with Crippen LogP contribution in [0.4, 0.5) is 0 Å². The number of benzene rings is 1. The van der Waals surface area contributed by atoms with Gasteiger partial charge in [-0.2, -0.15) is 4.98 Å². The molecule has 2 rings (SSSR count). The van der Waals surface area contributed by atoms with Crippen LogP contribution < -0.4 is 0 Å². The molecule has 1 aromatic carbocycles. The monoisotopic (exact) mass is 289 g/mol. The molecule has 0 amide bonds. The minimum atomic E-state index is -0.338. The molecule has 0 saturated carbocycles. The third-order valence-corrected chi connectivity index (χ3v) is 3.34. The Morgan fingerprint density at radius 3 is 2.52 bits per heavy atom. The molecule has 0 aliphatic heterocycles. The highest BCUT2D eigenvalue weighted by Gasteiger charge is 2.14. The number of aliphatic hydroxyl groups is 1. The first-order chi connectivity index (χ1) is 10.1. The van der Waals surface area contributed by atoms with Crippen molar-refractivity contribution in [1.29, 1.82) is 0 Å². The van der Waals surface area contributed by atoms with Gasteiger partial charge in [0.15, 0.2) is 0 Å². The summed E-state index contributed by atoms with van der Waals surface area (Å²) in [7, 11) is 0. The lowest BCUT2D eigenvalue weighted by Gasteiger charge is -2.26. The van der Waals surface area contributed by atoms with Gasteiger partial charge in [0.25, 0.3) is 0 Å². The molecule has 0 radical (unpaired) electrons. The second-order valence-corrected chi connectivity index (χ2v) is 5.57. The van der Waals surface area contributed by atoms with Crippen LogP contribution in [0.1, 0.15) is 26.7 Å². The fraction of sp³-hybridized carbons (Fsp3) is 0.500. The Bertz CT molecular complexity index is 537. The predicted molar refractivity (Wildman–Crippen MR) is 81.8 cm³/mol. The van der Waals surface area contributed by atoms with Crippen molar-refractivity contribution in [2.75, 3.05) is 13.1 Å². The highest BCUT2D eigenvalue weighted by molar-refractivity contribution is 5.53. The lowest BCUT2D eigenvalue weighted by atomic mass is 10.2. The molecule has 0 aliphatic carbocycles. The van der Waals surface area contributed by atoms with Crippen LogP contribution in [0, 0.1) is 0 Å². The standard InChI is InChI=1S/C16H23N3O2/c1-12(2)19(11-13(3)20)10-9-15-17-16(18-21-15)14-7-5-4-6-8-14/h4-8,12-13,20H,9-11H2,1-3H3. The van der Waals surface area contributed by atoms with Crippen LogP contribution in [-0.4, -0.2) is 45.4 Å². The van der Waals surface area contributed by atoms with Gasteiger partial charge in [-0.25, -0.2) is 0 Å². The zero-order chi connectivity index (χ0) is 15.2. The van der Waals surface area contributed by atoms with E-state index in [4.69, 9.17) is 4.52 Å². The fourth-order valence-corrected chi connectivity index (χ4v) is 2.20. The maximum atomic E-state index is 9.53. The Balaban J connectivity index is 1.96. The van der Waals surface area contributed by atoms with Gasteiger partial charge in [-0.05, 0) is 20.8 Å². The van der Waals surface area contributed by atoms with E-state index < -0.39 is 0 Å². The van der Waals surface area contributed by atoms with Gasteiger partial charge in [0, 0.05) is 31.1 Å². The Morgan fingerprint density at radius 1 is 1.19 bits per heavy atom. The Kier molecular flexibility index (Phi) is 5.47. The number of hydrogen-bond donors (Lipinski definition) is 1. The lowest BCUT2D eigenvalue weighted by molar-refractivity contribution is 0.107. The summed E-state index contributed by atoms with van der Waals surface area (Å²) in [6.45, 7) is 7.48. The predicted octanol–water partition coefficient (Wildman–Crippen LogP) is 2.37. The van der Waals surface area contributed by atoms with Crippen LogP contribution in [-0.2, 0) is 6.42 Å². The van der Waals surface area contributed by atoms with Gasteiger partial charge >= 0.3 is 0 Å². The summed E-state index contributed by atoms with van der Waals surface area (Å²) in [4.78, 5) is 6.63. The zero-order valence-electron chi connectivity index (χ0n) is 12.9. The lowest BCUT2D eigenvalue weighted by Crippen LogP contribution is -2.38. The molecule has 1 N–H and O–H groups in total. The molecule has 1 atom stereocenters. The molecule has 1 aromatic heterocycles. The number of aliphatic hydroxyl groups excluding tert-OH is 1. The molecule has 0 saturated heterocycles. The van der Waals surface area contributed by atoms with Crippen LogP contribution in [0.15, 0.2) is 34.9 Å². The Labute approximate surface area is 125 Å². The van der Waals surface area contributed by atoms with E-state index >= 15 is 0 Å². The molecule has 0 fully saturated rings. The van der Waals surface area contributed by atoms with Crippen LogP contribution in [0.25, 0.3) is 11.4 Å². The first-order valence-corrected chi connectivity index (χ1v) is 7.36. The van der Waals surface area contributed by atoms with Gasteiger partial charge in [0.1, 0.15) is 0 Å². The summed E-state index contributed by atoms with van der Waals surface area (Å²) in [5.74, 6) is 1.25. The summed E-state index contributed by atoms with van der Waals surface area (Å²) in [6.07, 6.45) is 0.347. The minimum Gasteiger partial charge on any atom is -0.392 e.